The van der Waals surface area contributed by atoms with Crippen LogP contribution in [0, 0.1) is 0 Å². The van der Waals surface area contributed by atoms with Crippen LogP contribution in [0.1, 0.15) is 12.5 Å². The summed E-state index contributed by atoms with van der Waals surface area (Å²) in [5.74, 6) is 1.80. The zero-order chi connectivity index (χ0) is 13.6. The molecule has 2 aliphatic rings. The van der Waals surface area contributed by atoms with Crippen molar-refractivity contribution in [2.75, 3.05) is 11.4 Å². The van der Waals surface area contributed by atoms with Gasteiger partial charge in [-0.05, 0) is 43.2 Å². The highest BCUT2D eigenvalue weighted by Gasteiger charge is 2.33. The zero-order valence-electron chi connectivity index (χ0n) is 10.5. The van der Waals surface area contributed by atoms with E-state index in [4.69, 9.17) is 4.74 Å². The molecule has 2 nitrogen and oxygen atoms in total. The lowest BCUT2D eigenvalue weighted by Gasteiger charge is -2.31. The maximum Gasteiger partial charge on any atom is 0.152 e. The van der Waals surface area contributed by atoms with Crippen LogP contribution in [0.5, 0.6) is 5.75 Å². The van der Waals surface area contributed by atoms with Crippen molar-refractivity contribution in [1.82, 2.24) is 0 Å². The number of benzene rings is 1. The Labute approximate surface area is 129 Å². The molecule has 0 unspecified atom stereocenters. The molecule has 19 heavy (non-hydrogen) atoms. The van der Waals surface area contributed by atoms with E-state index < -0.39 is 0 Å². The van der Waals surface area contributed by atoms with E-state index in [2.05, 4.69) is 49.4 Å². The highest BCUT2D eigenvalue weighted by molar-refractivity contribution is 9.11. The van der Waals surface area contributed by atoms with Crippen molar-refractivity contribution in [2.45, 2.75) is 13.3 Å². The molecule has 0 spiro atoms. The molecule has 2 aliphatic heterocycles. The lowest BCUT2D eigenvalue weighted by molar-refractivity contribution is 0.420. The summed E-state index contributed by atoms with van der Waals surface area (Å²) in [6, 6.07) is 4.20. The quantitative estimate of drug-likeness (QED) is 0.684. The van der Waals surface area contributed by atoms with Gasteiger partial charge in [0.2, 0.25) is 0 Å². The molecule has 0 atom stereocenters. The van der Waals surface area contributed by atoms with Gasteiger partial charge in [-0.25, -0.2) is 0 Å². The van der Waals surface area contributed by atoms with Crippen molar-refractivity contribution in [3.8, 4) is 5.75 Å². The standard InChI is InChI=1S/C15H13Br2NO/c1-3-13-12(6-9(2)16)18-5-4-10-7-11(17)8-14(19-13)15(10)18/h3,6-8H,2,4-5H2,1H3. The zero-order valence-corrected chi connectivity index (χ0v) is 13.7. The van der Waals surface area contributed by atoms with E-state index in [9.17, 15) is 0 Å². The molecule has 98 valence electrons. The summed E-state index contributed by atoms with van der Waals surface area (Å²) in [5, 5.41) is 0. The molecule has 0 radical (unpaired) electrons. The predicted octanol–water partition coefficient (Wildman–Crippen LogP) is 4.90. The minimum Gasteiger partial charge on any atom is -0.453 e. The Morgan fingerprint density at radius 3 is 2.95 bits per heavy atom. The second kappa shape index (κ2) is 4.84. The van der Waals surface area contributed by atoms with Crippen molar-refractivity contribution in [1.29, 1.82) is 0 Å². The molecule has 2 heterocycles. The van der Waals surface area contributed by atoms with E-state index in [0.29, 0.717) is 0 Å². The first-order chi connectivity index (χ1) is 9.10. The lowest BCUT2D eigenvalue weighted by atomic mass is 10.1. The van der Waals surface area contributed by atoms with Crippen LogP contribution in [0.3, 0.4) is 0 Å². The van der Waals surface area contributed by atoms with Crippen LogP contribution >= 0.6 is 31.9 Å². The van der Waals surface area contributed by atoms with Gasteiger partial charge in [0, 0.05) is 15.5 Å². The van der Waals surface area contributed by atoms with Crippen molar-refractivity contribution >= 4 is 37.5 Å². The van der Waals surface area contributed by atoms with Crippen LogP contribution in [0.4, 0.5) is 5.69 Å². The normalized spacial score (nSPS) is 20.7. The number of anilines is 1. The fourth-order valence-corrected chi connectivity index (χ4v) is 3.30. The van der Waals surface area contributed by atoms with E-state index in [1.807, 2.05) is 25.1 Å². The number of nitrogens with zero attached hydrogens (tertiary/aromatic N) is 1. The lowest BCUT2D eigenvalue weighted by Crippen LogP contribution is -2.27. The maximum absolute atomic E-state index is 6.03. The van der Waals surface area contributed by atoms with Gasteiger partial charge in [0.15, 0.2) is 5.75 Å². The highest BCUT2D eigenvalue weighted by atomic mass is 79.9. The molecule has 0 amide bonds. The summed E-state index contributed by atoms with van der Waals surface area (Å²) in [4.78, 5) is 2.31. The van der Waals surface area contributed by atoms with Crippen molar-refractivity contribution in [3.63, 3.8) is 0 Å². The van der Waals surface area contributed by atoms with E-state index in [1.54, 1.807) is 0 Å². The number of ether oxygens (including phenoxy) is 1. The average Bonchev–Trinajstić information content (AvgIpc) is 2.76. The Bertz CT molecular complexity index is 631. The third-order valence-corrected chi connectivity index (χ3v) is 4.00. The smallest absolute Gasteiger partial charge is 0.152 e. The average molecular weight is 383 g/mol. The molecule has 0 bridgehead atoms. The molecular formula is C15H13Br2NO. The summed E-state index contributed by atoms with van der Waals surface area (Å²) in [7, 11) is 0. The van der Waals surface area contributed by atoms with Gasteiger partial charge < -0.3 is 9.64 Å². The minimum atomic E-state index is 0.847. The van der Waals surface area contributed by atoms with Crippen molar-refractivity contribution in [3.05, 3.63) is 56.8 Å². The van der Waals surface area contributed by atoms with Gasteiger partial charge in [-0.2, -0.15) is 0 Å². The van der Waals surface area contributed by atoms with E-state index in [0.717, 1.165) is 39.1 Å². The number of rotatable bonds is 1. The Morgan fingerprint density at radius 2 is 2.26 bits per heavy atom. The summed E-state index contributed by atoms with van der Waals surface area (Å²) >= 11 is 6.95. The number of allylic oxidation sites excluding steroid dienone is 3. The fraction of sp³-hybridized carbons (Fsp3) is 0.200. The van der Waals surface area contributed by atoms with Crippen molar-refractivity contribution in [2.24, 2.45) is 0 Å². The van der Waals surface area contributed by atoms with Gasteiger partial charge in [0.25, 0.3) is 0 Å². The molecule has 4 heteroatoms. The Hall–Kier alpha value is -1.00. The van der Waals surface area contributed by atoms with E-state index in [1.165, 1.54) is 11.3 Å². The first kappa shape index (κ1) is 13.0. The topological polar surface area (TPSA) is 12.5 Å². The fourth-order valence-electron chi connectivity index (χ4n) is 2.60. The maximum atomic E-state index is 6.03. The third-order valence-electron chi connectivity index (χ3n) is 3.31. The minimum absolute atomic E-state index is 0.847. The van der Waals surface area contributed by atoms with Crippen molar-refractivity contribution < 1.29 is 4.74 Å². The molecule has 0 saturated carbocycles. The largest absolute Gasteiger partial charge is 0.453 e. The third kappa shape index (κ3) is 2.17. The van der Waals surface area contributed by atoms with Crippen LogP contribution in [0.2, 0.25) is 0 Å². The Kier molecular flexibility index (Phi) is 3.31. The summed E-state index contributed by atoms with van der Waals surface area (Å²) < 4.78 is 7.94. The number of hydrogen-bond donors (Lipinski definition) is 0. The molecule has 1 aromatic carbocycles. The number of halogens is 2. The second-order valence-corrected chi connectivity index (χ2v) is 6.48. The molecule has 3 rings (SSSR count). The van der Waals surface area contributed by atoms with Gasteiger partial charge in [-0.3, -0.25) is 0 Å². The summed E-state index contributed by atoms with van der Waals surface area (Å²) in [6.07, 6.45) is 5.03. The van der Waals surface area contributed by atoms with E-state index in [-0.39, 0.29) is 0 Å². The Morgan fingerprint density at radius 1 is 1.47 bits per heavy atom. The molecule has 0 N–H and O–H groups in total. The van der Waals surface area contributed by atoms with Gasteiger partial charge in [-0.15, -0.1) is 0 Å². The predicted molar refractivity (Wildman–Crippen MR) is 85.7 cm³/mol. The van der Waals surface area contributed by atoms with Crippen LogP contribution in [0.15, 0.2) is 51.3 Å². The van der Waals surface area contributed by atoms with Crippen LogP contribution in [-0.4, -0.2) is 6.54 Å². The van der Waals surface area contributed by atoms with Crippen LogP contribution < -0.4 is 9.64 Å². The molecular weight excluding hydrogens is 370 g/mol. The number of hydrogen-bond acceptors (Lipinski definition) is 2. The molecule has 0 aliphatic carbocycles. The van der Waals surface area contributed by atoms with Crippen LogP contribution in [-0.2, 0) is 6.42 Å². The second-order valence-electron chi connectivity index (χ2n) is 4.54. The molecule has 0 fully saturated rings. The van der Waals surface area contributed by atoms with Gasteiger partial charge in [0.05, 0.1) is 11.4 Å². The van der Waals surface area contributed by atoms with Crippen LogP contribution in [0.25, 0.3) is 0 Å². The SMILES string of the molecule is C=C(Br)C=C1C(=CC)Oc2cc(Br)cc3c2N1CC3. The monoisotopic (exact) mass is 381 g/mol. The highest BCUT2D eigenvalue weighted by Crippen LogP contribution is 2.47. The summed E-state index contributed by atoms with van der Waals surface area (Å²) in [6.45, 7) is 6.86. The first-order valence-electron chi connectivity index (χ1n) is 6.10. The molecule has 1 aromatic rings. The van der Waals surface area contributed by atoms with Gasteiger partial charge in [0.1, 0.15) is 5.76 Å². The molecule has 0 saturated heterocycles. The Balaban J connectivity index is 2.20. The molecule has 0 aromatic heterocycles. The first-order valence-corrected chi connectivity index (χ1v) is 7.69. The van der Waals surface area contributed by atoms with Gasteiger partial charge in [-0.1, -0.05) is 38.4 Å². The van der Waals surface area contributed by atoms with Gasteiger partial charge >= 0.3 is 0 Å². The summed E-state index contributed by atoms with van der Waals surface area (Å²) in [5.41, 5.74) is 3.58. The van der Waals surface area contributed by atoms with E-state index >= 15 is 0 Å².